The molecule has 1 aromatic heterocycles. The van der Waals surface area contributed by atoms with E-state index in [4.69, 9.17) is 15.2 Å². The predicted molar refractivity (Wildman–Crippen MR) is 75.8 cm³/mol. The van der Waals surface area contributed by atoms with Gasteiger partial charge in [-0.05, 0) is 19.1 Å². The number of rotatable bonds is 3. The Balaban J connectivity index is 2.07. The van der Waals surface area contributed by atoms with Gasteiger partial charge in [0, 0.05) is 23.9 Å². The summed E-state index contributed by atoms with van der Waals surface area (Å²) in [6.45, 7) is 2.53. The lowest BCUT2D eigenvalue weighted by molar-refractivity contribution is 0.254. The van der Waals surface area contributed by atoms with Crippen LogP contribution in [0, 0.1) is 0 Å². The van der Waals surface area contributed by atoms with Gasteiger partial charge in [0.15, 0.2) is 0 Å². The van der Waals surface area contributed by atoms with Gasteiger partial charge in [-0.2, -0.15) is 0 Å². The molecule has 19 heavy (non-hydrogen) atoms. The molecule has 1 atom stereocenters. The fourth-order valence-corrected chi connectivity index (χ4v) is 3.15. The van der Waals surface area contributed by atoms with Crippen LogP contribution in [0.15, 0.2) is 17.5 Å². The fraction of sp³-hybridized carbons (Fsp3) is 0.357. The molecule has 100 valence electrons. The summed E-state index contributed by atoms with van der Waals surface area (Å²) in [5.41, 5.74) is 8.68. The lowest BCUT2D eigenvalue weighted by Gasteiger charge is -2.09. The average molecular weight is 276 g/mol. The minimum Gasteiger partial charge on any atom is -0.496 e. The van der Waals surface area contributed by atoms with Crippen molar-refractivity contribution in [1.82, 2.24) is 4.98 Å². The molecule has 4 nitrogen and oxygen atoms in total. The van der Waals surface area contributed by atoms with E-state index >= 15 is 0 Å². The number of methoxy groups -OCH3 is 1. The molecule has 1 aromatic carbocycles. The van der Waals surface area contributed by atoms with Gasteiger partial charge in [-0.25, -0.2) is 4.98 Å². The third kappa shape index (κ3) is 2.19. The minimum atomic E-state index is 0.228. The zero-order chi connectivity index (χ0) is 13.4. The zero-order valence-electron chi connectivity index (χ0n) is 11.0. The molecule has 0 bridgehead atoms. The molecular formula is C14H16N2O2S. The van der Waals surface area contributed by atoms with Crippen LogP contribution in [0.2, 0.25) is 0 Å². The van der Waals surface area contributed by atoms with Crippen LogP contribution >= 0.6 is 11.3 Å². The highest BCUT2D eigenvalue weighted by atomic mass is 32.1. The van der Waals surface area contributed by atoms with Crippen molar-refractivity contribution in [1.29, 1.82) is 0 Å². The Kier molecular flexibility index (Phi) is 3.16. The Hall–Kier alpha value is -1.59. The SMILES string of the molecule is COc1cc2c(cc1-c1nc(CN)cs1)OC(C)C2. The van der Waals surface area contributed by atoms with E-state index in [1.165, 1.54) is 5.56 Å². The number of fused-ring (bicyclic) bond motifs is 1. The van der Waals surface area contributed by atoms with Gasteiger partial charge in [-0.1, -0.05) is 0 Å². The van der Waals surface area contributed by atoms with E-state index in [1.54, 1.807) is 18.4 Å². The number of nitrogens with two attached hydrogens (primary N) is 1. The molecule has 0 spiro atoms. The molecule has 0 saturated carbocycles. The van der Waals surface area contributed by atoms with Gasteiger partial charge in [0.25, 0.3) is 0 Å². The molecule has 0 aliphatic carbocycles. The number of aromatic nitrogens is 1. The van der Waals surface area contributed by atoms with Crippen molar-refractivity contribution in [3.05, 3.63) is 28.8 Å². The highest BCUT2D eigenvalue weighted by Gasteiger charge is 2.23. The molecule has 2 aromatic rings. The van der Waals surface area contributed by atoms with Crippen LogP contribution in [0.3, 0.4) is 0 Å². The molecule has 5 heteroatoms. The first-order valence-corrected chi connectivity index (χ1v) is 7.11. The van der Waals surface area contributed by atoms with Crippen LogP contribution in [0.25, 0.3) is 10.6 Å². The predicted octanol–water partition coefficient (Wildman–Crippen LogP) is 2.60. The third-order valence-corrected chi connectivity index (χ3v) is 4.13. The second-order valence-corrected chi connectivity index (χ2v) is 5.50. The summed E-state index contributed by atoms with van der Waals surface area (Å²) in [5, 5.41) is 2.90. The van der Waals surface area contributed by atoms with E-state index in [-0.39, 0.29) is 6.10 Å². The highest BCUT2D eigenvalue weighted by Crippen LogP contribution is 2.40. The Labute approximate surface area is 116 Å². The van der Waals surface area contributed by atoms with Gasteiger partial charge in [-0.3, -0.25) is 0 Å². The molecule has 2 N–H and O–H groups in total. The van der Waals surface area contributed by atoms with Crippen molar-refractivity contribution in [2.45, 2.75) is 26.0 Å². The van der Waals surface area contributed by atoms with Crippen LogP contribution in [0.1, 0.15) is 18.2 Å². The van der Waals surface area contributed by atoms with Gasteiger partial charge < -0.3 is 15.2 Å². The molecule has 1 aliphatic heterocycles. The van der Waals surface area contributed by atoms with Crippen LogP contribution in [-0.4, -0.2) is 18.2 Å². The molecule has 0 radical (unpaired) electrons. The third-order valence-electron chi connectivity index (χ3n) is 3.21. The summed E-state index contributed by atoms with van der Waals surface area (Å²) >= 11 is 1.58. The number of benzene rings is 1. The van der Waals surface area contributed by atoms with E-state index in [0.29, 0.717) is 6.54 Å². The van der Waals surface area contributed by atoms with E-state index < -0.39 is 0 Å². The summed E-state index contributed by atoms with van der Waals surface area (Å²) in [4.78, 5) is 4.51. The maximum Gasteiger partial charge on any atom is 0.129 e. The normalized spacial score (nSPS) is 17.1. The standard InChI is InChI=1S/C14H16N2O2S/c1-8-3-9-4-13(17-2)11(5-12(9)18-8)14-16-10(6-15)7-19-14/h4-5,7-8H,3,6,15H2,1-2H3. The number of hydrogen-bond acceptors (Lipinski definition) is 5. The van der Waals surface area contributed by atoms with E-state index in [9.17, 15) is 0 Å². The van der Waals surface area contributed by atoms with Gasteiger partial charge in [0.05, 0.1) is 18.4 Å². The zero-order valence-corrected chi connectivity index (χ0v) is 11.8. The molecule has 0 amide bonds. The van der Waals surface area contributed by atoms with Gasteiger partial charge in [0.1, 0.15) is 22.6 Å². The first-order chi connectivity index (χ1) is 9.21. The van der Waals surface area contributed by atoms with Crippen molar-refractivity contribution >= 4 is 11.3 Å². The Morgan fingerprint density at radius 3 is 3.05 bits per heavy atom. The van der Waals surface area contributed by atoms with Gasteiger partial charge in [0.2, 0.25) is 0 Å². The van der Waals surface area contributed by atoms with Crippen LogP contribution in [0.4, 0.5) is 0 Å². The molecule has 2 heterocycles. The summed E-state index contributed by atoms with van der Waals surface area (Å²) in [6, 6.07) is 4.08. The van der Waals surface area contributed by atoms with Crippen LogP contribution < -0.4 is 15.2 Å². The first kappa shape index (κ1) is 12.4. The Morgan fingerprint density at radius 1 is 1.53 bits per heavy atom. The van der Waals surface area contributed by atoms with E-state index in [0.717, 1.165) is 34.2 Å². The highest BCUT2D eigenvalue weighted by molar-refractivity contribution is 7.13. The first-order valence-electron chi connectivity index (χ1n) is 6.23. The molecule has 0 fully saturated rings. The van der Waals surface area contributed by atoms with Crippen LogP contribution in [0.5, 0.6) is 11.5 Å². The van der Waals surface area contributed by atoms with Crippen molar-refractivity contribution in [3.63, 3.8) is 0 Å². The second kappa shape index (κ2) is 4.83. The topological polar surface area (TPSA) is 57.4 Å². The van der Waals surface area contributed by atoms with Gasteiger partial charge in [-0.15, -0.1) is 11.3 Å². The molecular weight excluding hydrogens is 260 g/mol. The monoisotopic (exact) mass is 276 g/mol. The lowest BCUT2D eigenvalue weighted by Crippen LogP contribution is -2.05. The largest absolute Gasteiger partial charge is 0.496 e. The maximum atomic E-state index is 5.80. The van der Waals surface area contributed by atoms with Crippen molar-refractivity contribution in [3.8, 4) is 22.1 Å². The number of nitrogens with zero attached hydrogens (tertiary/aromatic N) is 1. The molecule has 3 rings (SSSR count). The Morgan fingerprint density at radius 2 is 2.37 bits per heavy atom. The number of thiazole rings is 1. The quantitative estimate of drug-likeness (QED) is 0.936. The molecule has 0 saturated heterocycles. The minimum absolute atomic E-state index is 0.228. The smallest absolute Gasteiger partial charge is 0.129 e. The van der Waals surface area contributed by atoms with Crippen molar-refractivity contribution in [2.75, 3.05) is 7.11 Å². The summed E-state index contributed by atoms with van der Waals surface area (Å²) in [7, 11) is 1.68. The Bertz CT molecular complexity index is 609. The van der Waals surface area contributed by atoms with Crippen molar-refractivity contribution in [2.24, 2.45) is 5.73 Å². The molecule has 1 aliphatic rings. The van der Waals surface area contributed by atoms with Crippen LogP contribution in [-0.2, 0) is 13.0 Å². The number of ether oxygens (including phenoxy) is 2. The summed E-state index contributed by atoms with van der Waals surface area (Å²) < 4.78 is 11.3. The van der Waals surface area contributed by atoms with E-state index in [2.05, 4.69) is 18.0 Å². The maximum absolute atomic E-state index is 5.80. The van der Waals surface area contributed by atoms with E-state index in [1.807, 2.05) is 11.4 Å². The molecule has 1 unspecified atom stereocenters. The second-order valence-electron chi connectivity index (χ2n) is 4.64. The number of hydrogen-bond donors (Lipinski definition) is 1. The summed E-state index contributed by atoms with van der Waals surface area (Å²) in [5.74, 6) is 1.78. The van der Waals surface area contributed by atoms with Crippen molar-refractivity contribution < 1.29 is 9.47 Å². The summed E-state index contributed by atoms with van der Waals surface area (Å²) in [6.07, 6.45) is 1.16. The fourth-order valence-electron chi connectivity index (χ4n) is 2.30. The average Bonchev–Trinajstić information content (AvgIpc) is 3.01. The van der Waals surface area contributed by atoms with Gasteiger partial charge >= 0.3 is 0 Å². The lowest BCUT2D eigenvalue weighted by atomic mass is 10.1.